The van der Waals surface area contributed by atoms with E-state index in [-0.39, 0.29) is 22.0 Å². The Morgan fingerprint density at radius 2 is 1.73 bits per heavy atom. The van der Waals surface area contributed by atoms with Crippen LogP contribution in [0.5, 0.6) is 11.5 Å². The summed E-state index contributed by atoms with van der Waals surface area (Å²) in [6.07, 6.45) is 2.58. The Morgan fingerprint density at radius 1 is 1.03 bits per heavy atom. The number of nitrogens with zero attached hydrogens (tertiary/aromatic N) is 2. The van der Waals surface area contributed by atoms with E-state index in [9.17, 15) is 21.6 Å². The number of sulfonamides is 2. The first-order valence-corrected chi connectivity index (χ1v) is 13.4. The Kier molecular flexibility index (Phi) is 7.50. The van der Waals surface area contributed by atoms with Gasteiger partial charge in [-0.2, -0.15) is 4.31 Å². The van der Waals surface area contributed by atoms with Crippen LogP contribution >= 0.6 is 0 Å². The zero-order valence-corrected chi connectivity index (χ0v) is 20.3. The maximum Gasteiger partial charge on any atom is 0.245 e. The molecule has 1 fully saturated rings. The molecule has 1 aliphatic rings. The molecule has 1 aliphatic heterocycles. The fourth-order valence-electron chi connectivity index (χ4n) is 3.51. The third-order valence-electron chi connectivity index (χ3n) is 5.18. The van der Waals surface area contributed by atoms with Crippen LogP contribution in [0.3, 0.4) is 0 Å². The summed E-state index contributed by atoms with van der Waals surface area (Å²) in [4.78, 5) is 12.8. The number of ether oxygens (including phenoxy) is 2. The number of hydrogen-bond acceptors (Lipinski definition) is 7. The molecule has 180 valence electrons. The maximum absolute atomic E-state index is 12.9. The van der Waals surface area contributed by atoms with E-state index in [0.717, 1.165) is 23.4 Å². The van der Waals surface area contributed by atoms with Gasteiger partial charge in [-0.1, -0.05) is 6.07 Å². The normalized spacial score (nSPS) is 14.6. The summed E-state index contributed by atoms with van der Waals surface area (Å²) in [5, 5.41) is 2.58. The first kappa shape index (κ1) is 24.8. The van der Waals surface area contributed by atoms with Crippen molar-refractivity contribution in [2.45, 2.75) is 17.7 Å². The summed E-state index contributed by atoms with van der Waals surface area (Å²) in [7, 11) is -4.68. The van der Waals surface area contributed by atoms with Gasteiger partial charge in [0.1, 0.15) is 18.0 Å². The molecule has 0 spiro atoms. The van der Waals surface area contributed by atoms with Crippen LogP contribution in [0.2, 0.25) is 0 Å². The lowest BCUT2D eigenvalue weighted by Crippen LogP contribution is -2.37. The molecule has 0 atom stereocenters. The quantitative estimate of drug-likeness (QED) is 0.561. The van der Waals surface area contributed by atoms with Gasteiger partial charge >= 0.3 is 0 Å². The average molecular weight is 498 g/mol. The number of carbonyl (C=O) groups is 1. The minimum atomic E-state index is -3.81. The fraction of sp³-hybridized carbons (Fsp3) is 0.381. The molecule has 0 aliphatic carbocycles. The first-order chi connectivity index (χ1) is 15.6. The first-order valence-electron chi connectivity index (χ1n) is 10.2. The lowest BCUT2D eigenvalue weighted by atomic mass is 10.2. The third-order valence-corrected chi connectivity index (χ3v) is 8.21. The lowest BCUT2D eigenvalue weighted by molar-refractivity contribution is -0.114. The van der Waals surface area contributed by atoms with Crippen molar-refractivity contribution >= 4 is 37.3 Å². The molecule has 0 bridgehead atoms. The van der Waals surface area contributed by atoms with Crippen molar-refractivity contribution < 1.29 is 31.1 Å². The molecular weight excluding hydrogens is 470 g/mol. The molecule has 0 saturated carbocycles. The molecule has 10 nitrogen and oxygen atoms in total. The molecule has 1 heterocycles. The highest BCUT2D eigenvalue weighted by Gasteiger charge is 2.28. The molecule has 1 saturated heterocycles. The maximum atomic E-state index is 12.9. The smallest absolute Gasteiger partial charge is 0.245 e. The minimum absolute atomic E-state index is 0.0215. The van der Waals surface area contributed by atoms with E-state index in [1.165, 1.54) is 42.8 Å². The van der Waals surface area contributed by atoms with Crippen LogP contribution in [0, 0.1) is 0 Å². The Morgan fingerprint density at radius 3 is 2.33 bits per heavy atom. The highest BCUT2D eigenvalue weighted by Crippen LogP contribution is 2.30. The summed E-state index contributed by atoms with van der Waals surface area (Å²) < 4.78 is 63.3. The molecule has 2 aromatic rings. The van der Waals surface area contributed by atoms with E-state index in [1.54, 1.807) is 18.2 Å². The van der Waals surface area contributed by atoms with Crippen molar-refractivity contribution in [2.24, 2.45) is 0 Å². The van der Waals surface area contributed by atoms with E-state index >= 15 is 0 Å². The number of anilines is 2. The summed E-state index contributed by atoms with van der Waals surface area (Å²) in [6, 6.07) is 10.5. The Balaban J connectivity index is 1.87. The third kappa shape index (κ3) is 5.75. The van der Waals surface area contributed by atoms with Crippen LogP contribution in [0.4, 0.5) is 11.4 Å². The Bertz CT molecular complexity index is 1220. The van der Waals surface area contributed by atoms with Crippen molar-refractivity contribution in [3.05, 3.63) is 42.5 Å². The molecule has 1 N–H and O–H groups in total. The van der Waals surface area contributed by atoms with Crippen molar-refractivity contribution in [3.63, 3.8) is 0 Å². The number of rotatable bonds is 9. The predicted molar refractivity (Wildman–Crippen MR) is 125 cm³/mol. The van der Waals surface area contributed by atoms with Gasteiger partial charge in [-0.15, -0.1) is 0 Å². The Labute approximate surface area is 194 Å². The minimum Gasteiger partial charge on any atom is -0.497 e. The van der Waals surface area contributed by atoms with E-state index in [0.29, 0.717) is 18.8 Å². The molecule has 3 rings (SSSR count). The van der Waals surface area contributed by atoms with Crippen LogP contribution < -0.4 is 19.1 Å². The zero-order chi connectivity index (χ0) is 24.2. The van der Waals surface area contributed by atoms with Crippen LogP contribution in [-0.4, -0.2) is 67.2 Å². The van der Waals surface area contributed by atoms with Crippen LogP contribution in [0.1, 0.15) is 12.8 Å². The van der Waals surface area contributed by atoms with Crippen molar-refractivity contribution in [2.75, 3.05) is 49.7 Å². The average Bonchev–Trinajstić information content (AvgIpc) is 3.32. The van der Waals surface area contributed by atoms with Gasteiger partial charge in [0.05, 0.1) is 36.7 Å². The largest absolute Gasteiger partial charge is 0.497 e. The number of methoxy groups -OCH3 is 2. The Hall–Kier alpha value is -2.83. The van der Waals surface area contributed by atoms with Gasteiger partial charge in [0, 0.05) is 19.2 Å². The van der Waals surface area contributed by atoms with Crippen LogP contribution in [-0.2, 0) is 24.8 Å². The van der Waals surface area contributed by atoms with Gasteiger partial charge in [-0.3, -0.25) is 9.10 Å². The highest BCUT2D eigenvalue weighted by molar-refractivity contribution is 7.92. The molecule has 12 heteroatoms. The zero-order valence-electron chi connectivity index (χ0n) is 18.6. The number of hydrogen-bond donors (Lipinski definition) is 1. The van der Waals surface area contributed by atoms with Crippen LogP contribution in [0.15, 0.2) is 47.4 Å². The topological polar surface area (TPSA) is 122 Å². The van der Waals surface area contributed by atoms with Gasteiger partial charge in [-0.25, -0.2) is 16.8 Å². The SMILES string of the molecule is COc1cccc(N(CC(=O)Nc2cc(S(=O)(=O)N3CCCC3)ccc2OC)S(C)(=O)=O)c1. The predicted octanol–water partition coefficient (Wildman–Crippen LogP) is 1.89. The van der Waals surface area contributed by atoms with E-state index in [1.807, 2.05) is 0 Å². The second-order valence-electron chi connectivity index (χ2n) is 7.49. The fourth-order valence-corrected chi connectivity index (χ4v) is 5.90. The second-order valence-corrected chi connectivity index (χ2v) is 11.3. The van der Waals surface area contributed by atoms with Gasteiger partial charge in [0.25, 0.3) is 0 Å². The number of benzene rings is 2. The molecule has 0 aromatic heterocycles. The van der Waals surface area contributed by atoms with Crippen LogP contribution in [0.25, 0.3) is 0 Å². The standard InChI is InChI=1S/C21H27N3O7S2/c1-30-17-8-6-7-16(13-17)24(32(3,26)27)15-21(25)22-19-14-18(9-10-20(19)31-2)33(28,29)23-11-4-5-12-23/h6-10,13-14H,4-5,11-12,15H2,1-3H3,(H,22,25). The van der Waals surface area contributed by atoms with Gasteiger partial charge < -0.3 is 14.8 Å². The summed E-state index contributed by atoms with van der Waals surface area (Å²) in [6.45, 7) is 0.359. The number of amides is 1. The van der Waals surface area contributed by atoms with E-state index in [2.05, 4.69) is 5.32 Å². The van der Waals surface area contributed by atoms with Crippen molar-refractivity contribution in [3.8, 4) is 11.5 Å². The molecule has 2 aromatic carbocycles. The molecule has 0 unspecified atom stereocenters. The monoisotopic (exact) mass is 497 g/mol. The number of carbonyl (C=O) groups excluding carboxylic acids is 1. The number of nitrogens with one attached hydrogen (secondary N) is 1. The van der Waals surface area contributed by atoms with E-state index < -0.39 is 32.5 Å². The summed E-state index contributed by atoms with van der Waals surface area (Å²) in [5.74, 6) is 0.0105. The van der Waals surface area contributed by atoms with E-state index in [4.69, 9.17) is 9.47 Å². The molecule has 33 heavy (non-hydrogen) atoms. The second kappa shape index (κ2) is 9.98. The molecular formula is C21H27N3O7S2. The van der Waals surface area contributed by atoms with Gasteiger partial charge in [0.2, 0.25) is 26.0 Å². The highest BCUT2D eigenvalue weighted by atomic mass is 32.2. The van der Waals surface area contributed by atoms with Crippen molar-refractivity contribution in [1.29, 1.82) is 0 Å². The van der Waals surface area contributed by atoms with Crippen molar-refractivity contribution in [1.82, 2.24) is 4.31 Å². The van der Waals surface area contributed by atoms with Gasteiger partial charge in [0.15, 0.2) is 0 Å². The summed E-state index contributed by atoms with van der Waals surface area (Å²) in [5.41, 5.74) is 0.381. The molecule has 1 amide bonds. The molecule has 0 radical (unpaired) electrons. The van der Waals surface area contributed by atoms with Gasteiger partial charge in [-0.05, 0) is 43.2 Å². The lowest BCUT2D eigenvalue weighted by Gasteiger charge is -2.23. The summed E-state index contributed by atoms with van der Waals surface area (Å²) >= 11 is 0.